The molecule has 1 heteroatoms. The molecular weight excluding hydrogens is 160 g/mol. The molecule has 76 valence electrons. The highest BCUT2D eigenvalue weighted by atomic mass is 16.5. The zero-order valence-corrected chi connectivity index (χ0v) is 9.01. The fraction of sp³-hybridized carbons (Fsp3) is 0.833. The lowest BCUT2D eigenvalue weighted by Crippen LogP contribution is -1.88. The average Bonchev–Trinajstić information content (AvgIpc) is 2.92. The molecular formula is C12H22O. The maximum Gasteiger partial charge on any atom is 0.0462 e. The minimum atomic E-state index is 0.913. The van der Waals surface area contributed by atoms with Crippen molar-refractivity contribution in [1.82, 2.24) is 0 Å². The van der Waals surface area contributed by atoms with E-state index in [2.05, 4.69) is 13.0 Å². The third-order valence-corrected chi connectivity index (χ3v) is 2.67. The highest BCUT2D eigenvalue weighted by molar-refractivity contribution is 5.00. The normalized spacial score (nSPS) is 17.8. The maximum atomic E-state index is 5.01. The summed E-state index contributed by atoms with van der Waals surface area (Å²) in [6.07, 6.45) is 10.4. The zero-order valence-electron chi connectivity index (χ0n) is 9.01. The Morgan fingerprint density at radius 3 is 2.77 bits per heavy atom. The zero-order chi connectivity index (χ0) is 9.52. The van der Waals surface area contributed by atoms with Crippen molar-refractivity contribution in [2.45, 2.75) is 45.4 Å². The van der Waals surface area contributed by atoms with Gasteiger partial charge >= 0.3 is 0 Å². The third kappa shape index (κ3) is 5.87. The number of unbranched alkanes of at least 4 members (excludes halogenated alkanes) is 1. The standard InChI is InChI=1S/C12H22O/c1-11(5-3-4-10-13-2)6-7-12-8-9-12/h6,12H,3-5,7-10H2,1-2H3. The lowest BCUT2D eigenvalue weighted by Gasteiger charge is -2.01. The van der Waals surface area contributed by atoms with E-state index in [4.69, 9.17) is 4.74 Å². The number of hydrogen-bond donors (Lipinski definition) is 0. The van der Waals surface area contributed by atoms with Crippen LogP contribution in [0, 0.1) is 5.92 Å². The second-order valence-electron chi connectivity index (χ2n) is 4.18. The lowest BCUT2D eigenvalue weighted by molar-refractivity contribution is 0.193. The fourth-order valence-corrected chi connectivity index (χ4v) is 1.47. The van der Waals surface area contributed by atoms with Gasteiger partial charge in [0.05, 0.1) is 0 Å². The third-order valence-electron chi connectivity index (χ3n) is 2.67. The molecule has 1 aliphatic rings. The Hall–Kier alpha value is -0.300. The summed E-state index contributed by atoms with van der Waals surface area (Å²) in [4.78, 5) is 0. The number of allylic oxidation sites excluding steroid dienone is 2. The molecule has 0 N–H and O–H groups in total. The van der Waals surface area contributed by atoms with Gasteiger partial charge < -0.3 is 4.74 Å². The van der Waals surface area contributed by atoms with Crippen LogP contribution in [0.3, 0.4) is 0 Å². The molecule has 1 fully saturated rings. The second-order valence-corrected chi connectivity index (χ2v) is 4.18. The molecule has 0 aromatic heterocycles. The molecule has 0 aliphatic heterocycles. The average molecular weight is 182 g/mol. The van der Waals surface area contributed by atoms with Crippen molar-refractivity contribution in [3.63, 3.8) is 0 Å². The van der Waals surface area contributed by atoms with Crippen LogP contribution in [-0.4, -0.2) is 13.7 Å². The first-order valence-corrected chi connectivity index (χ1v) is 5.47. The van der Waals surface area contributed by atoms with Crippen molar-refractivity contribution in [2.75, 3.05) is 13.7 Å². The van der Waals surface area contributed by atoms with Gasteiger partial charge in [0.25, 0.3) is 0 Å². The molecule has 0 atom stereocenters. The summed E-state index contributed by atoms with van der Waals surface area (Å²) in [5.41, 5.74) is 1.57. The highest BCUT2D eigenvalue weighted by Gasteiger charge is 2.19. The topological polar surface area (TPSA) is 9.23 Å². The van der Waals surface area contributed by atoms with Gasteiger partial charge in [0.2, 0.25) is 0 Å². The van der Waals surface area contributed by atoms with Crippen molar-refractivity contribution in [3.8, 4) is 0 Å². The SMILES string of the molecule is COCCCCC(C)=CCC1CC1. The van der Waals surface area contributed by atoms with E-state index in [1.165, 1.54) is 38.5 Å². The van der Waals surface area contributed by atoms with Gasteiger partial charge in [-0.1, -0.05) is 11.6 Å². The molecule has 0 radical (unpaired) electrons. The van der Waals surface area contributed by atoms with Gasteiger partial charge in [-0.2, -0.15) is 0 Å². The number of hydrogen-bond acceptors (Lipinski definition) is 1. The van der Waals surface area contributed by atoms with Crippen LogP contribution >= 0.6 is 0 Å². The first-order chi connectivity index (χ1) is 6.33. The van der Waals surface area contributed by atoms with E-state index in [0.29, 0.717) is 0 Å². The molecule has 0 spiro atoms. The first-order valence-electron chi connectivity index (χ1n) is 5.47. The number of methoxy groups -OCH3 is 1. The van der Waals surface area contributed by atoms with Crippen LogP contribution in [0.25, 0.3) is 0 Å². The largest absolute Gasteiger partial charge is 0.385 e. The van der Waals surface area contributed by atoms with Crippen LogP contribution in [0.4, 0.5) is 0 Å². The molecule has 0 bridgehead atoms. The molecule has 0 aromatic carbocycles. The Morgan fingerprint density at radius 1 is 1.38 bits per heavy atom. The Labute approximate surface area is 82.2 Å². The van der Waals surface area contributed by atoms with Crippen LogP contribution in [0.5, 0.6) is 0 Å². The Balaban J connectivity index is 1.95. The van der Waals surface area contributed by atoms with E-state index in [-0.39, 0.29) is 0 Å². The lowest BCUT2D eigenvalue weighted by atomic mass is 10.1. The summed E-state index contributed by atoms with van der Waals surface area (Å²) in [5, 5.41) is 0. The van der Waals surface area contributed by atoms with Crippen molar-refractivity contribution >= 4 is 0 Å². The summed E-state index contributed by atoms with van der Waals surface area (Å²) in [6.45, 7) is 3.17. The minimum Gasteiger partial charge on any atom is -0.385 e. The molecule has 1 rings (SSSR count). The van der Waals surface area contributed by atoms with E-state index in [1.54, 1.807) is 12.7 Å². The van der Waals surface area contributed by atoms with Gasteiger partial charge in [0.15, 0.2) is 0 Å². The molecule has 1 saturated carbocycles. The van der Waals surface area contributed by atoms with Crippen LogP contribution in [-0.2, 0) is 4.74 Å². The Morgan fingerprint density at radius 2 is 2.15 bits per heavy atom. The fourth-order valence-electron chi connectivity index (χ4n) is 1.47. The van der Waals surface area contributed by atoms with Crippen molar-refractivity contribution < 1.29 is 4.74 Å². The van der Waals surface area contributed by atoms with Crippen LogP contribution in [0.1, 0.15) is 45.4 Å². The molecule has 0 heterocycles. The van der Waals surface area contributed by atoms with E-state index in [1.807, 2.05) is 0 Å². The van der Waals surface area contributed by atoms with Crippen LogP contribution < -0.4 is 0 Å². The molecule has 0 saturated heterocycles. The predicted octanol–water partition coefficient (Wildman–Crippen LogP) is 3.55. The van der Waals surface area contributed by atoms with E-state index < -0.39 is 0 Å². The molecule has 0 aromatic rings. The smallest absolute Gasteiger partial charge is 0.0462 e. The molecule has 1 aliphatic carbocycles. The van der Waals surface area contributed by atoms with Crippen molar-refractivity contribution in [2.24, 2.45) is 5.92 Å². The van der Waals surface area contributed by atoms with Crippen LogP contribution in [0.2, 0.25) is 0 Å². The van der Waals surface area contributed by atoms with E-state index in [0.717, 1.165) is 12.5 Å². The summed E-state index contributed by atoms with van der Waals surface area (Å²) in [6, 6.07) is 0. The Bertz CT molecular complexity index is 157. The highest BCUT2D eigenvalue weighted by Crippen LogP contribution is 2.33. The summed E-state index contributed by atoms with van der Waals surface area (Å²) in [7, 11) is 1.77. The minimum absolute atomic E-state index is 0.913. The van der Waals surface area contributed by atoms with E-state index >= 15 is 0 Å². The van der Waals surface area contributed by atoms with Gasteiger partial charge in [0, 0.05) is 13.7 Å². The van der Waals surface area contributed by atoms with Crippen molar-refractivity contribution in [3.05, 3.63) is 11.6 Å². The van der Waals surface area contributed by atoms with Gasteiger partial charge in [-0.3, -0.25) is 0 Å². The van der Waals surface area contributed by atoms with Gasteiger partial charge in [-0.15, -0.1) is 0 Å². The van der Waals surface area contributed by atoms with Crippen molar-refractivity contribution in [1.29, 1.82) is 0 Å². The predicted molar refractivity (Wildman–Crippen MR) is 56.8 cm³/mol. The monoisotopic (exact) mass is 182 g/mol. The Kier molecular flexibility index (Phi) is 5.14. The molecule has 1 nitrogen and oxygen atoms in total. The van der Waals surface area contributed by atoms with Crippen LogP contribution in [0.15, 0.2) is 11.6 Å². The quantitative estimate of drug-likeness (QED) is 0.432. The van der Waals surface area contributed by atoms with E-state index in [9.17, 15) is 0 Å². The first kappa shape index (κ1) is 10.8. The van der Waals surface area contributed by atoms with Gasteiger partial charge in [-0.05, 0) is 51.4 Å². The number of ether oxygens (including phenoxy) is 1. The second kappa shape index (κ2) is 6.20. The number of rotatable bonds is 7. The summed E-state index contributed by atoms with van der Waals surface area (Å²) >= 11 is 0. The summed E-state index contributed by atoms with van der Waals surface area (Å²) in [5.74, 6) is 1.04. The summed E-state index contributed by atoms with van der Waals surface area (Å²) < 4.78 is 5.01. The van der Waals surface area contributed by atoms with Gasteiger partial charge in [-0.25, -0.2) is 0 Å². The molecule has 0 amide bonds. The maximum absolute atomic E-state index is 5.01. The van der Waals surface area contributed by atoms with Gasteiger partial charge in [0.1, 0.15) is 0 Å². The molecule has 13 heavy (non-hydrogen) atoms. The molecule has 0 unspecified atom stereocenters.